The van der Waals surface area contributed by atoms with Gasteiger partial charge in [-0.3, -0.25) is 0 Å². The molecule has 1 atom stereocenters. The Balaban J connectivity index is 1.81. The monoisotopic (exact) mass is 312 g/mol. The minimum absolute atomic E-state index is 0.00734. The number of hydrogen-bond acceptors (Lipinski definition) is 4. The topological polar surface area (TPSA) is 68.1 Å². The average molecular weight is 313 g/mol. The molecule has 1 aliphatic heterocycles. The molecule has 0 saturated carbocycles. The van der Waals surface area contributed by atoms with Gasteiger partial charge in [0.05, 0.1) is 23.3 Å². The lowest BCUT2D eigenvalue weighted by molar-refractivity contribution is 0.402. The largest absolute Gasteiger partial charge is 0.243 e. The maximum absolute atomic E-state index is 12.5. The van der Waals surface area contributed by atoms with Gasteiger partial charge >= 0.3 is 0 Å². The molecule has 1 aromatic carbocycles. The fourth-order valence-electron chi connectivity index (χ4n) is 2.29. The maximum Gasteiger partial charge on any atom is 0.243 e. The van der Waals surface area contributed by atoms with E-state index in [4.69, 9.17) is 11.6 Å². The Kier molecular flexibility index (Phi) is 3.49. The minimum atomic E-state index is -3.47. The zero-order chi connectivity index (χ0) is 14.2. The number of halogens is 1. The summed E-state index contributed by atoms with van der Waals surface area (Å²) in [5.41, 5.74) is 0. The number of aromatic nitrogens is 3. The first-order chi connectivity index (χ1) is 9.57. The lowest BCUT2D eigenvalue weighted by Gasteiger charge is -2.16. The highest BCUT2D eigenvalue weighted by molar-refractivity contribution is 7.89. The molecular weight excluding hydrogens is 300 g/mol. The van der Waals surface area contributed by atoms with Crippen molar-refractivity contribution in [2.45, 2.75) is 17.4 Å². The lowest BCUT2D eigenvalue weighted by atomic mass is 10.3. The zero-order valence-corrected chi connectivity index (χ0v) is 12.1. The normalized spacial score (nSPS) is 20.4. The van der Waals surface area contributed by atoms with Gasteiger partial charge in [0.1, 0.15) is 0 Å². The van der Waals surface area contributed by atoms with Crippen LogP contribution in [0.3, 0.4) is 0 Å². The molecule has 1 aliphatic rings. The van der Waals surface area contributed by atoms with Gasteiger partial charge in [-0.25, -0.2) is 8.42 Å². The van der Waals surface area contributed by atoms with Gasteiger partial charge in [-0.15, -0.1) is 0 Å². The molecule has 0 aliphatic carbocycles. The molecule has 1 saturated heterocycles. The molecule has 1 unspecified atom stereocenters. The van der Waals surface area contributed by atoms with Crippen LogP contribution in [0.2, 0.25) is 5.02 Å². The molecule has 8 heteroatoms. The Hall–Kier alpha value is -1.44. The van der Waals surface area contributed by atoms with Crippen molar-refractivity contribution in [3.63, 3.8) is 0 Å². The van der Waals surface area contributed by atoms with E-state index in [9.17, 15) is 8.42 Å². The summed E-state index contributed by atoms with van der Waals surface area (Å²) in [7, 11) is -3.47. The maximum atomic E-state index is 12.5. The second kappa shape index (κ2) is 5.16. The summed E-state index contributed by atoms with van der Waals surface area (Å²) in [4.78, 5) is 1.83. The van der Waals surface area contributed by atoms with Crippen LogP contribution in [0.15, 0.2) is 41.6 Å². The first-order valence-corrected chi connectivity index (χ1v) is 8.01. The van der Waals surface area contributed by atoms with Crippen LogP contribution in [0.1, 0.15) is 12.5 Å². The van der Waals surface area contributed by atoms with Gasteiger partial charge < -0.3 is 0 Å². The molecule has 2 heterocycles. The van der Waals surface area contributed by atoms with Crippen LogP contribution in [0.25, 0.3) is 0 Å². The van der Waals surface area contributed by atoms with Crippen LogP contribution in [-0.2, 0) is 10.0 Å². The second-order valence-corrected chi connectivity index (χ2v) is 6.98. The number of nitrogens with zero attached hydrogens (tertiary/aromatic N) is 4. The third-order valence-corrected chi connectivity index (χ3v) is 5.47. The van der Waals surface area contributed by atoms with Crippen molar-refractivity contribution in [3.05, 3.63) is 41.7 Å². The molecule has 0 amide bonds. The van der Waals surface area contributed by atoms with Gasteiger partial charge in [0, 0.05) is 18.1 Å². The van der Waals surface area contributed by atoms with Crippen molar-refractivity contribution in [2.24, 2.45) is 0 Å². The summed E-state index contributed by atoms with van der Waals surface area (Å²) in [6, 6.07) is 6.20. The van der Waals surface area contributed by atoms with E-state index < -0.39 is 10.0 Å². The summed E-state index contributed by atoms with van der Waals surface area (Å²) in [6.45, 7) is 0.858. The Morgan fingerprint density at radius 3 is 2.45 bits per heavy atom. The first-order valence-electron chi connectivity index (χ1n) is 6.19. The highest BCUT2D eigenvalue weighted by atomic mass is 35.5. The molecule has 0 spiro atoms. The van der Waals surface area contributed by atoms with E-state index in [0.29, 0.717) is 24.5 Å². The molecule has 20 heavy (non-hydrogen) atoms. The van der Waals surface area contributed by atoms with E-state index in [0.717, 1.165) is 0 Å². The van der Waals surface area contributed by atoms with Gasteiger partial charge in [-0.1, -0.05) is 11.6 Å². The summed E-state index contributed by atoms with van der Waals surface area (Å²) in [6.07, 6.45) is 3.90. The molecule has 1 fully saturated rings. The van der Waals surface area contributed by atoms with Crippen molar-refractivity contribution in [1.29, 1.82) is 0 Å². The van der Waals surface area contributed by atoms with Crippen LogP contribution in [0.4, 0.5) is 0 Å². The molecule has 0 radical (unpaired) electrons. The van der Waals surface area contributed by atoms with Gasteiger partial charge in [0.25, 0.3) is 0 Å². The third-order valence-electron chi connectivity index (χ3n) is 3.34. The SMILES string of the molecule is O=S(=O)(c1ccc(Cl)cc1)N1CCC(n2nccn2)C1. The second-order valence-electron chi connectivity index (χ2n) is 4.61. The summed E-state index contributed by atoms with van der Waals surface area (Å²) in [5.74, 6) is 0. The number of sulfonamides is 1. The molecule has 106 valence electrons. The van der Waals surface area contributed by atoms with Crippen molar-refractivity contribution in [1.82, 2.24) is 19.3 Å². The molecule has 3 rings (SSSR count). The predicted octanol–water partition coefficient (Wildman–Crippen LogP) is 1.57. The van der Waals surface area contributed by atoms with Crippen molar-refractivity contribution in [2.75, 3.05) is 13.1 Å². The van der Waals surface area contributed by atoms with Gasteiger partial charge in [0.15, 0.2) is 0 Å². The fraction of sp³-hybridized carbons (Fsp3) is 0.333. The summed E-state index contributed by atoms with van der Waals surface area (Å²) in [5, 5.41) is 8.65. The highest BCUT2D eigenvalue weighted by Gasteiger charge is 2.33. The lowest BCUT2D eigenvalue weighted by Crippen LogP contribution is -2.29. The first kappa shape index (κ1) is 13.5. The van der Waals surface area contributed by atoms with Crippen molar-refractivity contribution >= 4 is 21.6 Å². The van der Waals surface area contributed by atoms with Crippen LogP contribution >= 0.6 is 11.6 Å². The average Bonchev–Trinajstić information content (AvgIpc) is 3.10. The smallest absolute Gasteiger partial charge is 0.207 e. The van der Waals surface area contributed by atoms with Crippen molar-refractivity contribution < 1.29 is 8.42 Å². The molecule has 0 bridgehead atoms. The van der Waals surface area contributed by atoms with E-state index in [2.05, 4.69) is 10.2 Å². The molecule has 6 nitrogen and oxygen atoms in total. The Morgan fingerprint density at radius 1 is 1.15 bits per heavy atom. The van der Waals surface area contributed by atoms with Crippen molar-refractivity contribution in [3.8, 4) is 0 Å². The van der Waals surface area contributed by atoms with Gasteiger partial charge in [-0.2, -0.15) is 19.3 Å². The molecule has 1 aromatic heterocycles. The quantitative estimate of drug-likeness (QED) is 0.862. The molecule has 0 N–H and O–H groups in total. The van der Waals surface area contributed by atoms with E-state index in [1.54, 1.807) is 29.3 Å². The van der Waals surface area contributed by atoms with Crippen LogP contribution in [0.5, 0.6) is 0 Å². The fourth-order valence-corrected chi connectivity index (χ4v) is 3.91. The highest BCUT2D eigenvalue weighted by Crippen LogP contribution is 2.26. The number of hydrogen-bond donors (Lipinski definition) is 0. The van der Waals surface area contributed by atoms with E-state index >= 15 is 0 Å². The Morgan fingerprint density at radius 2 is 1.80 bits per heavy atom. The van der Waals surface area contributed by atoms with E-state index in [-0.39, 0.29) is 10.9 Å². The number of benzene rings is 1. The van der Waals surface area contributed by atoms with E-state index in [1.165, 1.54) is 16.4 Å². The predicted molar refractivity (Wildman–Crippen MR) is 73.9 cm³/mol. The Labute approximate surface area is 122 Å². The summed E-state index contributed by atoms with van der Waals surface area (Å²) < 4.78 is 26.4. The van der Waals surface area contributed by atoms with Crippen LogP contribution in [0, 0.1) is 0 Å². The zero-order valence-electron chi connectivity index (χ0n) is 10.6. The molecule has 2 aromatic rings. The minimum Gasteiger partial charge on any atom is -0.207 e. The number of rotatable bonds is 3. The Bertz CT molecular complexity index is 685. The van der Waals surface area contributed by atoms with Gasteiger partial charge in [-0.05, 0) is 30.7 Å². The third kappa shape index (κ3) is 2.44. The van der Waals surface area contributed by atoms with E-state index in [1.807, 2.05) is 0 Å². The van der Waals surface area contributed by atoms with Crippen LogP contribution < -0.4 is 0 Å². The van der Waals surface area contributed by atoms with Gasteiger partial charge in [0.2, 0.25) is 10.0 Å². The summed E-state index contributed by atoms with van der Waals surface area (Å²) >= 11 is 5.78. The van der Waals surface area contributed by atoms with Crippen LogP contribution in [-0.4, -0.2) is 40.8 Å². The molecular formula is C12H13ClN4O2S. The standard InChI is InChI=1S/C12H13ClN4O2S/c13-10-1-3-12(4-2-10)20(18,19)16-8-5-11(9-16)17-14-6-7-15-17/h1-4,6-7,11H,5,8-9H2.